The molecule has 180 valence electrons. The van der Waals surface area contributed by atoms with Crippen molar-refractivity contribution in [1.29, 1.82) is 5.26 Å². The first-order chi connectivity index (χ1) is 16.6. The van der Waals surface area contributed by atoms with Crippen molar-refractivity contribution in [2.75, 3.05) is 0 Å². The fraction of sp³-hybridized carbons (Fsp3) is 0.280. The number of aromatic nitrogens is 4. The third-order valence-electron chi connectivity index (χ3n) is 5.64. The van der Waals surface area contributed by atoms with E-state index in [0.717, 1.165) is 5.56 Å². The molecular formula is C25H23F2N5O3. The second-order valence-corrected chi connectivity index (χ2v) is 8.63. The minimum absolute atomic E-state index is 0.0252. The van der Waals surface area contributed by atoms with E-state index in [2.05, 4.69) is 14.7 Å². The van der Waals surface area contributed by atoms with Crippen molar-refractivity contribution in [2.24, 2.45) is 7.05 Å². The van der Waals surface area contributed by atoms with Gasteiger partial charge in [-0.2, -0.15) is 14.0 Å². The molecule has 0 radical (unpaired) electrons. The second kappa shape index (κ2) is 9.27. The zero-order chi connectivity index (χ0) is 25.3. The predicted molar refractivity (Wildman–Crippen MR) is 125 cm³/mol. The highest BCUT2D eigenvalue weighted by Gasteiger charge is 2.20. The lowest BCUT2D eigenvalue weighted by molar-refractivity contribution is -0.0505. The highest BCUT2D eigenvalue weighted by atomic mass is 19.3. The van der Waals surface area contributed by atoms with E-state index in [4.69, 9.17) is 5.26 Å². The largest absolute Gasteiger partial charge is 0.434 e. The van der Waals surface area contributed by atoms with Crippen LogP contribution in [-0.2, 0) is 25.6 Å². The molecule has 0 saturated carbocycles. The number of fused-ring (bicyclic) bond motifs is 1. The quantitative estimate of drug-likeness (QED) is 0.433. The first kappa shape index (κ1) is 24.0. The molecule has 0 saturated heterocycles. The van der Waals surface area contributed by atoms with E-state index in [1.54, 1.807) is 68.3 Å². The molecule has 0 aliphatic rings. The van der Waals surface area contributed by atoms with Crippen molar-refractivity contribution in [3.8, 4) is 22.9 Å². The maximum Gasteiger partial charge on any atom is 0.387 e. The first-order valence-corrected chi connectivity index (χ1v) is 10.8. The summed E-state index contributed by atoms with van der Waals surface area (Å²) >= 11 is 0. The average molecular weight is 479 g/mol. The predicted octanol–water partition coefficient (Wildman–Crippen LogP) is 3.74. The van der Waals surface area contributed by atoms with E-state index < -0.39 is 12.2 Å². The van der Waals surface area contributed by atoms with Gasteiger partial charge in [0.2, 0.25) is 0 Å². The number of ether oxygens (including phenoxy) is 1. The number of benzene rings is 2. The van der Waals surface area contributed by atoms with Crippen LogP contribution < -0.4 is 10.3 Å². The van der Waals surface area contributed by atoms with Crippen LogP contribution in [0.4, 0.5) is 8.78 Å². The molecule has 4 rings (SSSR count). The lowest BCUT2D eigenvalue weighted by Crippen LogP contribution is -2.20. The summed E-state index contributed by atoms with van der Waals surface area (Å²) in [7, 11) is 1.59. The van der Waals surface area contributed by atoms with Crippen LogP contribution in [0, 0.1) is 11.3 Å². The van der Waals surface area contributed by atoms with Gasteiger partial charge in [-0.3, -0.25) is 14.2 Å². The monoisotopic (exact) mass is 479 g/mol. The molecule has 8 nitrogen and oxygen atoms in total. The number of rotatable bonds is 7. The maximum atomic E-state index is 13.0. The molecule has 0 fully saturated rings. The Kier molecular flexibility index (Phi) is 6.37. The van der Waals surface area contributed by atoms with Gasteiger partial charge in [0.15, 0.2) is 5.82 Å². The fourth-order valence-corrected chi connectivity index (χ4v) is 3.87. The molecule has 1 N–H and O–H groups in total. The van der Waals surface area contributed by atoms with Crippen LogP contribution >= 0.6 is 0 Å². The molecule has 0 aliphatic heterocycles. The molecule has 0 unspecified atom stereocenters. The van der Waals surface area contributed by atoms with E-state index in [9.17, 15) is 18.7 Å². The molecule has 0 aliphatic carbocycles. The topological polar surface area (TPSA) is 106 Å². The van der Waals surface area contributed by atoms with Crippen LogP contribution in [0.2, 0.25) is 0 Å². The van der Waals surface area contributed by atoms with Crippen LogP contribution in [-0.4, -0.2) is 31.0 Å². The van der Waals surface area contributed by atoms with E-state index >= 15 is 0 Å². The molecule has 0 atom stereocenters. The second-order valence-electron chi connectivity index (χ2n) is 8.63. The zero-order valence-corrected chi connectivity index (χ0v) is 19.4. The Morgan fingerprint density at radius 1 is 1.14 bits per heavy atom. The van der Waals surface area contributed by atoms with E-state index in [1.165, 1.54) is 10.7 Å². The zero-order valence-electron chi connectivity index (χ0n) is 19.4. The Morgan fingerprint density at radius 3 is 2.49 bits per heavy atom. The van der Waals surface area contributed by atoms with Crippen molar-refractivity contribution in [2.45, 2.75) is 39.0 Å². The highest BCUT2D eigenvalue weighted by Crippen LogP contribution is 2.27. The Hall–Kier alpha value is -4.10. The normalized spacial score (nSPS) is 11.7. The third kappa shape index (κ3) is 4.90. The SMILES string of the molecule is Cn1c(=O)c2ccc(-c3cnc(C(C)(C)O)nc3)cc2n1Cc1cc(CC#N)ccc1OC(F)F. The summed E-state index contributed by atoms with van der Waals surface area (Å²) in [5.41, 5.74) is 1.63. The number of alkyl halides is 2. The summed E-state index contributed by atoms with van der Waals surface area (Å²) in [5.74, 6) is 0.255. The molecule has 4 aromatic rings. The number of nitrogens with zero attached hydrogens (tertiary/aromatic N) is 5. The standard InChI is InChI=1S/C25H23F2N5O3/c1-25(2,34)23-29-12-18(13-30-23)16-5-6-19-20(11-16)32(31(3)22(19)33)14-17-10-15(8-9-28)4-7-21(17)35-24(26)27/h4-7,10-13,24,34H,8,14H2,1-3H3. The van der Waals surface area contributed by atoms with E-state index in [0.29, 0.717) is 27.6 Å². The van der Waals surface area contributed by atoms with E-state index in [1.807, 2.05) is 6.07 Å². The van der Waals surface area contributed by atoms with Gasteiger partial charge < -0.3 is 9.84 Å². The maximum absolute atomic E-state index is 13.0. The van der Waals surface area contributed by atoms with Crippen molar-refractivity contribution < 1.29 is 18.6 Å². The van der Waals surface area contributed by atoms with Gasteiger partial charge in [0.1, 0.15) is 11.4 Å². The lowest BCUT2D eigenvalue weighted by atomic mass is 10.1. The number of nitriles is 1. The smallest absolute Gasteiger partial charge is 0.387 e. The van der Waals surface area contributed by atoms with Gasteiger partial charge in [0, 0.05) is 30.6 Å². The Balaban J connectivity index is 1.80. The van der Waals surface area contributed by atoms with Crippen LogP contribution in [0.5, 0.6) is 5.75 Å². The van der Waals surface area contributed by atoms with Crippen LogP contribution in [0.25, 0.3) is 22.0 Å². The number of hydrogen-bond acceptors (Lipinski definition) is 6. The van der Waals surface area contributed by atoms with Gasteiger partial charge in [-0.15, -0.1) is 0 Å². The van der Waals surface area contributed by atoms with Gasteiger partial charge in [-0.1, -0.05) is 12.1 Å². The molecule has 2 aromatic heterocycles. The molecule has 0 spiro atoms. The molecular weight excluding hydrogens is 456 g/mol. The van der Waals surface area contributed by atoms with Gasteiger partial charge in [-0.05, 0) is 49.2 Å². The van der Waals surface area contributed by atoms with Gasteiger partial charge in [0.05, 0.1) is 29.9 Å². The first-order valence-electron chi connectivity index (χ1n) is 10.8. The third-order valence-corrected chi connectivity index (χ3v) is 5.64. The average Bonchev–Trinajstić information content (AvgIpc) is 3.04. The van der Waals surface area contributed by atoms with Crippen molar-refractivity contribution >= 4 is 10.9 Å². The Labute approximate surface area is 199 Å². The molecule has 2 heterocycles. The Morgan fingerprint density at radius 2 is 1.86 bits per heavy atom. The summed E-state index contributed by atoms with van der Waals surface area (Å²) < 4.78 is 33.8. The summed E-state index contributed by atoms with van der Waals surface area (Å²) in [5, 5.41) is 19.6. The molecule has 35 heavy (non-hydrogen) atoms. The van der Waals surface area contributed by atoms with Crippen molar-refractivity contribution in [3.05, 3.63) is 76.1 Å². The summed E-state index contributed by atoms with van der Waals surface area (Å²) in [6, 6.07) is 11.9. The molecule has 0 bridgehead atoms. The summed E-state index contributed by atoms with van der Waals surface area (Å²) in [6.45, 7) is 0.232. The number of hydrogen-bond donors (Lipinski definition) is 1. The Bertz CT molecular complexity index is 1480. The van der Waals surface area contributed by atoms with Gasteiger partial charge in [0.25, 0.3) is 5.56 Å². The fourth-order valence-electron chi connectivity index (χ4n) is 3.87. The van der Waals surface area contributed by atoms with E-state index in [-0.39, 0.29) is 30.1 Å². The lowest BCUT2D eigenvalue weighted by Gasteiger charge is -2.16. The van der Waals surface area contributed by atoms with Crippen molar-refractivity contribution in [1.82, 2.24) is 19.3 Å². The summed E-state index contributed by atoms with van der Waals surface area (Å²) in [4.78, 5) is 21.3. The number of halogens is 2. The minimum atomic E-state index is -3.01. The van der Waals surface area contributed by atoms with Crippen LogP contribution in [0.3, 0.4) is 0 Å². The molecule has 2 aromatic carbocycles. The van der Waals surface area contributed by atoms with Gasteiger partial charge in [-0.25, -0.2) is 9.97 Å². The highest BCUT2D eigenvalue weighted by molar-refractivity contribution is 5.84. The van der Waals surface area contributed by atoms with Crippen LogP contribution in [0.15, 0.2) is 53.6 Å². The molecule has 0 amide bonds. The van der Waals surface area contributed by atoms with Crippen molar-refractivity contribution in [3.63, 3.8) is 0 Å². The minimum Gasteiger partial charge on any atom is -0.434 e. The number of aliphatic hydroxyl groups is 1. The summed E-state index contributed by atoms with van der Waals surface area (Å²) in [6.07, 6.45) is 3.29. The van der Waals surface area contributed by atoms with Gasteiger partial charge >= 0.3 is 6.61 Å². The van der Waals surface area contributed by atoms with Crippen LogP contribution in [0.1, 0.15) is 30.8 Å². The molecule has 10 heteroatoms.